The molecule has 0 aromatic heterocycles. The number of hydrogen-bond donors (Lipinski definition) is 2. The molecule has 1 atom stereocenters. The third-order valence-electron chi connectivity index (χ3n) is 3.30. The second kappa shape index (κ2) is 8.25. The Bertz CT molecular complexity index is 320. The first kappa shape index (κ1) is 15.2. The van der Waals surface area contributed by atoms with Crippen LogP contribution in [0.5, 0.6) is 0 Å². The van der Waals surface area contributed by atoms with Gasteiger partial charge in [0.2, 0.25) is 0 Å². The predicted octanol–water partition coefficient (Wildman–Crippen LogP) is 1.96. The van der Waals surface area contributed by atoms with Crippen LogP contribution in [-0.4, -0.2) is 42.7 Å². The number of benzene rings is 1. The second-order valence-electron chi connectivity index (χ2n) is 4.66. The zero-order valence-corrected chi connectivity index (χ0v) is 11.8. The average molecular weight is 250 g/mol. The van der Waals surface area contributed by atoms with E-state index in [1.807, 2.05) is 24.3 Å². The first-order valence-corrected chi connectivity index (χ1v) is 6.85. The van der Waals surface area contributed by atoms with Gasteiger partial charge in [0.1, 0.15) is 0 Å². The van der Waals surface area contributed by atoms with E-state index in [2.05, 4.69) is 31.0 Å². The molecule has 0 fully saturated rings. The SMILES string of the molecule is CCN(CC)CCNCC(O)c1ccc(C)cc1. The maximum atomic E-state index is 10.0. The number of nitrogens with zero attached hydrogens (tertiary/aromatic N) is 1. The van der Waals surface area contributed by atoms with Gasteiger partial charge in [0.15, 0.2) is 0 Å². The van der Waals surface area contributed by atoms with Crippen LogP contribution in [0, 0.1) is 6.92 Å². The van der Waals surface area contributed by atoms with Gasteiger partial charge in [-0.1, -0.05) is 43.7 Å². The highest BCUT2D eigenvalue weighted by Crippen LogP contribution is 2.12. The number of aliphatic hydroxyl groups excluding tert-OH is 1. The summed E-state index contributed by atoms with van der Waals surface area (Å²) < 4.78 is 0. The lowest BCUT2D eigenvalue weighted by atomic mass is 10.1. The molecule has 3 heteroatoms. The van der Waals surface area contributed by atoms with Crippen LogP contribution in [0.4, 0.5) is 0 Å². The molecule has 0 bridgehead atoms. The highest BCUT2D eigenvalue weighted by Gasteiger charge is 2.06. The van der Waals surface area contributed by atoms with Crippen molar-refractivity contribution in [2.45, 2.75) is 26.9 Å². The Morgan fingerprint density at radius 1 is 1.17 bits per heavy atom. The van der Waals surface area contributed by atoms with Crippen LogP contribution in [0.3, 0.4) is 0 Å². The van der Waals surface area contributed by atoms with Crippen LogP contribution in [-0.2, 0) is 0 Å². The van der Waals surface area contributed by atoms with Gasteiger partial charge in [-0.2, -0.15) is 0 Å². The number of nitrogens with one attached hydrogen (secondary N) is 1. The minimum atomic E-state index is -0.415. The highest BCUT2D eigenvalue weighted by molar-refractivity contribution is 5.23. The Morgan fingerprint density at radius 3 is 2.33 bits per heavy atom. The van der Waals surface area contributed by atoms with Gasteiger partial charge in [0, 0.05) is 19.6 Å². The molecular weight excluding hydrogens is 224 g/mol. The largest absolute Gasteiger partial charge is 0.387 e. The molecular formula is C15H26N2O. The third kappa shape index (κ3) is 5.17. The molecule has 1 unspecified atom stereocenters. The van der Waals surface area contributed by atoms with Crippen molar-refractivity contribution >= 4 is 0 Å². The molecule has 1 aromatic rings. The summed E-state index contributed by atoms with van der Waals surface area (Å²) in [4.78, 5) is 2.37. The minimum Gasteiger partial charge on any atom is -0.387 e. The molecule has 1 rings (SSSR count). The van der Waals surface area contributed by atoms with Crippen molar-refractivity contribution in [3.63, 3.8) is 0 Å². The topological polar surface area (TPSA) is 35.5 Å². The standard InChI is InChI=1S/C15H26N2O/c1-4-17(5-2)11-10-16-12-15(18)14-8-6-13(3)7-9-14/h6-9,15-16,18H,4-5,10-12H2,1-3H3. The van der Waals surface area contributed by atoms with Crippen LogP contribution in [0.25, 0.3) is 0 Å². The van der Waals surface area contributed by atoms with Crippen LogP contribution >= 0.6 is 0 Å². The quantitative estimate of drug-likeness (QED) is 0.692. The van der Waals surface area contributed by atoms with Crippen LogP contribution in [0.15, 0.2) is 24.3 Å². The minimum absolute atomic E-state index is 0.415. The fourth-order valence-corrected chi connectivity index (χ4v) is 1.92. The predicted molar refractivity (Wildman–Crippen MR) is 76.8 cm³/mol. The molecule has 0 spiro atoms. The van der Waals surface area contributed by atoms with Gasteiger partial charge in [0.25, 0.3) is 0 Å². The van der Waals surface area contributed by atoms with Crippen LogP contribution in [0.2, 0.25) is 0 Å². The first-order valence-electron chi connectivity index (χ1n) is 6.85. The molecule has 18 heavy (non-hydrogen) atoms. The van der Waals surface area contributed by atoms with Crippen LogP contribution in [0.1, 0.15) is 31.1 Å². The van der Waals surface area contributed by atoms with Crippen molar-refractivity contribution in [1.82, 2.24) is 10.2 Å². The third-order valence-corrected chi connectivity index (χ3v) is 3.30. The van der Waals surface area contributed by atoms with Gasteiger partial charge >= 0.3 is 0 Å². The summed E-state index contributed by atoms with van der Waals surface area (Å²) in [5, 5.41) is 13.3. The lowest BCUT2D eigenvalue weighted by Gasteiger charge is -2.19. The van der Waals surface area contributed by atoms with Crippen molar-refractivity contribution in [2.75, 3.05) is 32.7 Å². The van der Waals surface area contributed by atoms with Crippen molar-refractivity contribution in [2.24, 2.45) is 0 Å². The Hall–Kier alpha value is -0.900. The van der Waals surface area contributed by atoms with Gasteiger partial charge in [-0.15, -0.1) is 0 Å². The van der Waals surface area contributed by atoms with Crippen molar-refractivity contribution < 1.29 is 5.11 Å². The zero-order valence-electron chi connectivity index (χ0n) is 11.8. The second-order valence-corrected chi connectivity index (χ2v) is 4.66. The summed E-state index contributed by atoms with van der Waals surface area (Å²) in [5.41, 5.74) is 2.20. The molecule has 1 aromatic carbocycles. The monoisotopic (exact) mass is 250 g/mol. The van der Waals surface area contributed by atoms with Crippen molar-refractivity contribution in [3.8, 4) is 0 Å². The fourth-order valence-electron chi connectivity index (χ4n) is 1.92. The Labute approximate surface area is 111 Å². The number of likely N-dealkylation sites (N-methyl/N-ethyl adjacent to an activating group) is 1. The summed E-state index contributed by atoms with van der Waals surface area (Å²) in [7, 11) is 0. The molecule has 0 aliphatic rings. The summed E-state index contributed by atoms with van der Waals surface area (Å²) in [5.74, 6) is 0. The van der Waals surface area contributed by atoms with Gasteiger partial charge in [-0.25, -0.2) is 0 Å². The Morgan fingerprint density at radius 2 is 1.78 bits per heavy atom. The number of hydrogen-bond acceptors (Lipinski definition) is 3. The molecule has 0 radical (unpaired) electrons. The lowest BCUT2D eigenvalue weighted by Crippen LogP contribution is -2.33. The molecule has 0 saturated carbocycles. The zero-order chi connectivity index (χ0) is 13.4. The number of aryl methyl sites for hydroxylation is 1. The maximum Gasteiger partial charge on any atom is 0.0914 e. The molecule has 0 heterocycles. The molecule has 0 aliphatic carbocycles. The van der Waals surface area contributed by atoms with E-state index in [1.54, 1.807) is 0 Å². The summed E-state index contributed by atoms with van der Waals surface area (Å²) in [6.45, 7) is 11.1. The first-order chi connectivity index (χ1) is 8.67. The van der Waals surface area contributed by atoms with E-state index in [0.29, 0.717) is 6.54 Å². The fraction of sp³-hybridized carbons (Fsp3) is 0.600. The van der Waals surface area contributed by atoms with E-state index in [9.17, 15) is 5.11 Å². The molecule has 0 aliphatic heterocycles. The normalized spacial score (nSPS) is 12.9. The van der Waals surface area contributed by atoms with Gasteiger partial charge < -0.3 is 15.3 Å². The summed E-state index contributed by atoms with van der Waals surface area (Å²) in [6.07, 6.45) is -0.415. The summed E-state index contributed by atoms with van der Waals surface area (Å²) in [6, 6.07) is 8.06. The average Bonchev–Trinajstić information content (AvgIpc) is 2.39. The van der Waals surface area contributed by atoms with E-state index in [1.165, 1.54) is 5.56 Å². The number of rotatable bonds is 8. The van der Waals surface area contributed by atoms with E-state index >= 15 is 0 Å². The van der Waals surface area contributed by atoms with Gasteiger partial charge in [0.05, 0.1) is 6.10 Å². The smallest absolute Gasteiger partial charge is 0.0914 e. The Balaban J connectivity index is 2.25. The molecule has 2 N–H and O–H groups in total. The number of aliphatic hydroxyl groups is 1. The van der Waals surface area contributed by atoms with Crippen molar-refractivity contribution in [3.05, 3.63) is 35.4 Å². The van der Waals surface area contributed by atoms with E-state index in [0.717, 1.165) is 31.7 Å². The molecule has 102 valence electrons. The molecule has 0 saturated heterocycles. The van der Waals surface area contributed by atoms with Gasteiger partial charge in [-0.3, -0.25) is 0 Å². The van der Waals surface area contributed by atoms with E-state index in [-0.39, 0.29) is 0 Å². The molecule has 3 nitrogen and oxygen atoms in total. The van der Waals surface area contributed by atoms with Crippen LogP contribution < -0.4 is 5.32 Å². The van der Waals surface area contributed by atoms with E-state index < -0.39 is 6.10 Å². The van der Waals surface area contributed by atoms with E-state index in [4.69, 9.17) is 0 Å². The van der Waals surface area contributed by atoms with Gasteiger partial charge in [-0.05, 0) is 25.6 Å². The Kier molecular flexibility index (Phi) is 6.94. The highest BCUT2D eigenvalue weighted by atomic mass is 16.3. The molecule has 0 amide bonds. The lowest BCUT2D eigenvalue weighted by molar-refractivity contribution is 0.172. The maximum absolute atomic E-state index is 10.0. The van der Waals surface area contributed by atoms with Crippen molar-refractivity contribution in [1.29, 1.82) is 0 Å². The summed E-state index contributed by atoms with van der Waals surface area (Å²) >= 11 is 0.